The van der Waals surface area contributed by atoms with E-state index in [-0.39, 0.29) is 6.04 Å². The van der Waals surface area contributed by atoms with Crippen LogP contribution in [0.4, 0.5) is 5.82 Å². The molecule has 0 aliphatic carbocycles. The Bertz CT molecular complexity index is 1010. The molecule has 0 fully saturated rings. The zero-order chi connectivity index (χ0) is 18.8. The number of hydrogen-bond donors (Lipinski definition) is 0. The first-order valence-corrected chi connectivity index (χ1v) is 8.60. The van der Waals surface area contributed by atoms with E-state index in [1.165, 1.54) is 0 Å². The molecule has 0 amide bonds. The predicted molar refractivity (Wildman–Crippen MR) is 108 cm³/mol. The molecule has 132 valence electrons. The lowest BCUT2D eigenvalue weighted by Crippen LogP contribution is -2.07. The van der Waals surface area contributed by atoms with Crippen LogP contribution in [0.25, 0.3) is 22.2 Å². The van der Waals surface area contributed by atoms with Gasteiger partial charge in [-0.25, -0.2) is 15.0 Å². The van der Waals surface area contributed by atoms with Crippen LogP contribution in [0.2, 0.25) is 5.02 Å². The smallest absolute Gasteiger partial charge is 0.167 e. The molecule has 0 saturated heterocycles. The lowest BCUT2D eigenvalue weighted by molar-refractivity contribution is 0.643. The molecule has 0 radical (unpaired) electrons. The number of nitrogens with zero attached hydrogens (tertiary/aromatic N) is 5. The fourth-order valence-electron chi connectivity index (χ4n) is 2.72. The SMILES string of the molecule is C#CC(C)n1cc(-c2ccc(Cl)cc2)c2c(N=CN(C)C)nc(C)nc21. The first-order chi connectivity index (χ1) is 12.4. The summed E-state index contributed by atoms with van der Waals surface area (Å²) >= 11 is 6.05. The number of terminal acetylenes is 1. The van der Waals surface area contributed by atoms with Crippen LogP contribution in [0.1, 0.15) is 18.8 Å². The molecule has 1 aromatic carbocycles. The third kappa shape index (κ3) is 3.42. The molecule has 1 atom stereocenters. The number of benzene rings is 1. The number of aliphatic imine (C=N–C) groups is 1. The van der Waals surface area contributed by atoms with Crippen molar-refractivity contribution in [3.8, 4) is 23.5 Å². The van der Waals surface area contributed by atoms with E-state index >= 15 is 0 Å². The fourth-order valence-corrected chi connectivity index (χ4v) is 2.85. The third-order valence-corrected chi connectivity index (χ3v) is 4.24. The molecule has 1 unspecified atom stereocenters. The third-order valence-electron chi connectivity index (χ3n) is 3.99. The van der Waals surface area contributed by atoms with Gasteiger partial charge in [0, 0.05) is 30.9 Å². The van der Waals surface area contributed by atoms with Gasteiger partial charge >= 0.3 is 0 Å². The molecule has 0 saturated carbocycles. The van der Waals surface area contributed by atoms with Crippen LogP contribution in [-0.2, 0) is 0 Å². The molecule has 3 rings (SSSR count). The average Bonchev–Trinajstić information content (AvgIpc) is 2.99. The Kier molecular flexibility index (Phi) is 4.97. The first kappa shape index (κ1) is 18.0. The van der Waals surface area contributed by atoms with Crippen molar-refractivity contribution < 1.29 is 0 Å². The van der Waals surface area contributed by atoms with Gasteiger partial charge in [-0.15, -0.1) is 6.42 Å². The number of halogens is 1. The zero-order valence-corrected chi connectivity index (χ0v) is 16.0. The summed E-state index contributed by atoms with van der Waals surface area (Å²) in [5.74, 6) is 4.04. The maximum absolute atomic E-state index is 6.05. The van der Waals surface area contributed by atoms with Crippen molar-refractivity contribution >= 4 is 34.8 Å². The van der Waals surface area contributed by atoms with Crippen molar-refractivity contribution in [3.05, 3.63) is 41.3 Å². The topological polar surface area (TPSA) is 46.3 Å². The predicted octanol–water partition coefficient (Wildman–Crippen LogP) is 4.48. The van der Waals surface area contributed by atoms with Gasteiger partial charge in [0.25, 0.3) is 0 Å². The van der Waals surface area contributed by atoms with Gasteiger partial charge in [-0.2, -0.15) is 0 Å². The Morgan fingerprint density at radius 3 is 2.58 bits per heavy atom. The highest BCUT2D eigenvalue weighted by Crippen LogP contribution is 2.37. The molecular weight excluding hydrogens is 346 g/mol. The summed E-state index contributed by atoms with van der Waals surface area (Å²) in [5.41, 5.74) is 2.76. The van der Waals surface area contributed by atoms with Crippen LogP contribution in [0, 0.1) is 19.3 Å². The molecule has 0 spiro atoms. The second kappa shape index (κ2) is 7.19. The largest absolute Gasteiger partial charge is 0.369 e. The van der Waals surface area contributed by atoms with Gasteiger partial charge in [0.15, 0.2) is 5.82 Å². The molecule has 0 bridgehead atoms. The summed E-state index contributed by atoms with van der Waals surface area (Å²) in [7, 11) is 3.83. The van der Waals surface area contributed by atoms with Gasteiger partial charge in [0.2, 0.25) is 0 Å². The quantitative estimate of drug-likeness (QED) is 0.389. The number of rotatable bonds is 4. The van der Waals surface area contributed by atoms with Gasteiger partial charge in [-0.3, -0.25) is 0 Å². The minimum atomic E-state index is -0.140. The number of hydrogen-bond acceptors (Lipinski definition) is 3. The van der Waals surface area contributed by atoms with Gasteiger partial charge in [-0.05, 0) is 31.5 Å². The second-order valence-corrected chi connectivity index (χ2v) is 6.74. The Morgan fingerprint density at radius 2 is 1.96 bits per heavy atom. The molecule has 0 aliphatic rings. The molecule has 0 N–H and O–H groups in total. The van der Waals surface area contributed by atoms with Crippen molar-refractivity contribution in [2.45, 2.75) is 19.9 Å². The minimum absolute atomic E-state index is 0.140. The number of fused-ring (bicyclic) bond motifs is 1. The van der Waals surface area contributed by atoms with Crippen LogP contribution in [0.3, 0.4) is 0 Å². The summed E-state index contributed by atoms with van der Waals surface area (Å²) in [6.45, 7) is 3.82. The van der Waals surface area contributed by atoms with E-state index in [1.807, 2.05) is 67.9 Å². The van der Waals surface area contributed by atoms with Crippen molar-refractivity contribution in [1.29, 1.82) is 0 Å². The Hall–Kier alpha value is -2.84. The van der Waals surface area contributed by atoms with E-state index in [4.69, 9.17) is 18.0 Å². The Balaban J connectivity index is 2.36. The van der Waals surface area contributed by atoms with E-state index in [2.05, 4.69) is 20.9 Å². The number of aryl methyl sites for hydroxylation is 1. The van der Waals surface area contributed by atoms with Gasteiger partial charge in [0.05, 0.1) is 17.8 Å². The van der Waals surface area contributed by atoms with Crippen LogP contribution >= 0.6 is 11.6 Å². The van der Waals surface area contributed by atoms with E-state index < -0.39 is 0 Å². The zero-order valence-electron chi connectivity index (χ0n) is 15.2. The van der Waals surface area contributed by atoms with Gasteiger partial charge < -0.3 is 9.47 Å². The van der Waals surface area contributed by atoms with Crippen molar-refractivity contribution in [2.75, 3.05) is 14.1 Å². The summed E-state index contributed by atoms with van der Waals surface area (Å²) < 4.78 is 1.99. The summed E-state index contributed by atoms with van der Waals surface area (Å²) in [5, 5.41) is 1.56. The molecule has 5 nitrogen and oxygen atoms in total. The highest BCUT2D eigenvalue weighted by atomic mass is 35.5. The van der Waals surface area contributed by atoms with E-state index in [9.17, 15) is 0 Å². The van der Waals surface area contributed by atoms with Gasteiger partial charge in [0.1, 0.15) is 11.5 Å². The number of aromatic nitrogens is 3. The summed E-state index contributed by atoms with van der Waals surface area (Å²) in [4.78, 5) is 15.6. The Morgan fingerprint density at radius 1 is 1.27 bits per heavy atom. The fraction of sp³-hybridized carbons (Fsp3) is 0.250. The first-order valence-electron chi connectivity index (χ1n) is 8.22. The van der Waals surface area contributed by atoms with Crippen LogP contribution in [0.15, 0.2) is 35.5 Å². The van der Waals surface area contributed by atoms with Crippen molar-refractivity contribution in [2.24, 2.45) is 4.99 Å². The molecule has 2 heterocycles. The summed E-state index contributed by atoms with van der Waals surface area (Å²) in [6, 6.07) is 7.53. The van der Waals surface area contributed by atoms with Crippen LogP contribution in [0.5, 0.6) is 0 Å². The molecule has 2 aromatic heterocycles. The molecule has 3 aromatic rings. The lowest BCUT2D eigenvalue weighted by atomic mass is 10.1. The maximum Gasteiger partial charge on any atom is 0.167 e. The molecule has 26 heavy (non-hydrogen) atoms. The Labute approximate surface area is 158 Å². The summed E-state index contributed by atoms with van der Waals surface area (Å²) in [6.07, 6.45) is 9.42. The highest BCUT2D eigenvalue weighted by molar-refractivity contribution is 6.30. The van der Waals surface area contributed by atoms with Crippen molar-refractivity contribution in [1.82, 2.24) is 19.4 Å². The van der Waals surface area contributed by atoms with E-state index in [1.54, 1.807) is 6.34 Å². The van der Waals surface area contributed by atoms with Crippen molar-refractivity contribution in [3.63, 3.8) is 0 Å². The molecule has 0 aliphatic heterocycles. The van der Waals surface area contributed by atoms with E-state index in [0.29, 0.717) is 16.7 Å². The normalized spacial score (nSPS) is 12.5. The standard InChI is InChI=1S/C20H20ClN5/c1-6-13(2)26-11-17(15-7-9-16(21)10-8-15)18-19(22-12-25(4)5)23-14(3)24-20(18)26/h1,7-13H,2-5H3. The minimum Gasteiger partial charge on any atom is -0.369 e. The van der Waals surface area contributed by atoms with Gasteiger partial charge in [-0.1, -0.05) is 29.7 Å². The van der Waals surface area contributed by atoms with Crippen LogP contribution in [-0.4, -0.2) is 39.9 Å². The van der Waals surface area contributed by atoms with Crippen LogP contribution < -0.4 is 0 Å². The maximum atomic E-state index is 6.05. The average molecular weight is 366 g/mol. The molecule has 6 heteroatoms. The molecular formula is C20H20ClN5. The van der Waals surface area contributed by atoms with E-state index in [0.717, 1.165) is 22.2 Å². The monoisotopic (exact) mass is 365 g/mol. The lowest BCUT2D eigenvalue weighted by Gasteiger charge is -2.08. The second-order valence-electron chi connectivity index (χ2n) is 6.30. The highest BCUT2D eigenvalue weighted by Gasteiger charge is 2.19.